The van der Waals surface area contributed by atoms with Crippen LogP contribution in [0, 0.1) is 0 Å². The van der Waals surface area contributed by atoms with Gasteiger partial charge in [-0.2, -0.15) is 0 Å². The molecule has 0 bridgehead atoms. The molecule has 1 unspecified atom stereocenters. The Kier molecular flexibility index (Phi) is 2.79. The Morgan fingerprint density at radius 1 is 1.50 bits per heavy atom. The molecule has 3 nitrogen and oxygen atoms in total. The van der Waals surface area contributed by atoms with Crippen LogP contribution >= 0.6 is 11.6 Å². The average Bonchev–Trinajstić information content (AvgIpc) is 2.70. The smallest absolute Gasteiger partial charge is 0.292 e. The second kappa shape index (κ2) is 3.91. The predicted molar refractivity (Wildman–Crippen MR) is 53.5 cm³/mol. The first kappa shape index (κ1) is 9.99. The van der Waals surface area contributed by atoms with E-state index in [-0.39, 0.29) is 11.5 Å². The van der Waals surface area contributed by atoms with E-state index >= 15 is 0 Å². The Bertz CT molecular complexity index is 316. The summed E-state index contributed by atoms with van der Waals surface area (Å²) in [7, 11) is 0. The summed E-state index contributed by atoms with van der Waals surface area (Å²) in [5.41, 5.74) is 0.891. The Labute approximate surface area is 88.4 Å². The van der Waals surface area contributed by atoms with Gasteiger partial charge in [0.05, 0.1) is 0 Å². The van der Waals surface area contributed by atoms with Gasteiger partial charge in [-0.25, -0.2) is 4.98 Å². The zero-order valence-electron chi connectivity index (χ0n) is 8.42. The predicted octanol–water partition coefficient (Wildman–Crippen LogP) is 3.30. The third-order valence-electron chi connectivity index (χ3n) is 2.41. The summed E-state index contributed by atoms with van der Waals surface area (Å²) in [4.78, 5) is 4.19. The van der Waals surface area contributed by atoms with E-state index < -0.39 is 0 Å². The van der Waals surface area contributed by atoms with E-state index in [2.05, 4.69) is 18.8 Å². The molecule has 1 fully saturated rings. The van der Waals surface area contributed by atoms with Crippen LogP contribution in [-0.4, -0.2) is 11.6 Å². The number of ether oxygens (including phenoxy) is 1. The molecule has 0 aromatic carbocycles. The Morgan fingerprint density at radius 2 is 2.29 bits per heavy atom. The highest BCUT2D eigenvalue weighted by atomic mass is 35.5. The molecular formula is C10H14ClNO2. The van der Waals surface area contributed by atoms with Gasteiger partial charge >= 0.3 is 0 Å². The first-order valence-corrected chi connectivity index (χ1v) is 5.34. The topological polar surface area (TPSA) is 35.3 Å². The number of rotatable bonds is 2. The van der Waals surface area contributed by atoms with Crippen molar-refractivity contribution in [1.29, 1.82) is 0 Å². The highest BCUT2D eigenvalue weighted by molar-refractivity contribution is 6.27. The minimum Gasteiger partial charge on any atom is -0.432 e. The van der Waals surface area contributed by atoms with Gasteiger partial charge in [0.1, 0.15) is 17.6 Å². The van der Waals surface area contributed by atoms with E-state index in [1.165, 1.54) is 0 Å². The van der Waals surface area contributed by atoms with Crippen LogP contribution < -0.4 is 0 Å². The molecule has 14 heavy (non-hydrogen) atoms. The van der Waals surface area contributed by atoms with Gasteiger partial charge < -0.3 is 9.15 Å². The van der Waals surface area contributed by atoms with Crippen molar-refractivity contribution in [3.63, 3.8) is 0 Å². The van der Waals surface area contributed by atoms with Gasteiger partial charge in [0, 0.05) is 12.5 Å². The van der Waals surface area contributed by atoms with Crippen molar-refractivity contribution < 1.29 is 9.15 Å². The fraction of sp³-hybridized carbons (Fsp3) is 0.700. The van der Waals surface area contributed by atoms with E-state index in [1.807, 2.05) is 0 Å². The quantitative estimate of drug-likeness (QED) is 0.759. The van der Waals surface area contributed by atoms with E-state index in [4.69, 9.17) is 20.8 Å². The number of halogens is 1. The molecule has 1 aromatic heterocycles. The van der Waals surface area contributed by atoms with Crippen LogP contribution in [0.2, 0.25) is 5.35 Å². The maximum Gasteiger partial charge on any atom is 0.292 e. The molecule has 2 rings (SSSR count). The summed E-state index contributed by atoms with van der Waals surface area (Å²) in [6.45, 7) is 4.94. The van der Waals surface area contributed by atoms with Gasteiger partial charge in [0.25, 0.3) is 5.35 Å². The minimum atomic E-state index is 0.0867. The first-order chi connectivity index (χ1) is 6.68. The maximum atomic E-state index is 5.75. The van der Waals surface area contributed by atoms with Gasteiger partial charge in [-0.3, -0.25) is 0 Å². The van der Waals surface area contributed by atoms with Crippen molar-refractivity contribution in [1.82, 2.24) is 4.98 Å². The van der Waals surface area contributed by atoms with E-state index in [0.717, 1.165) is 30.9 Å². The molecule has 1 atom stereocenters. The molecule has 0 aliphatic carbocycles. The molecule has 1 saturated heterocycles. The highest BCUT2D eigenvalue weighted by Crippen LogP contribution is 2.34. The SMILES string of the molecule is CC(C)c1oc(Cl)nc1C1CCCO1. The second-order valence-corrected chi connectivity index (χ2v) is 4.20. The summed E-state index contributed by atoms with van der Waals surface area (Å²) < 4.78 is 10.9. The number of oxazole rings is 1. The van der Waals surface area contributed by atoms with E-state index in [0.29, 0.717) is 5.92 Å². The maximum absolute atomic E-state index is 5.75. The molecule has 1 aromatic rings. The molecule has 2 heterocycles. The summed E-state index contributed by atoms with van der Waals surface area (Å²) in [5.74, 6) is 1.16. The summed E-state index contributed by atoms with van der Waals surface area (Å²) in [6, 6.07) is 0. The van der Waals surface area contributed by atoms with Crippen LogP contribution in [0.25, 0.3) is 0 Å². The first-order valence-electron chi connectivity index (χ1n) is 4.96. The number of aromatic nitrogens is 1. The van der Waals surface area contributed by atoms with Crippen LogP contribution in [0.5, 0.6) is 0 Å². The lowest BCUT2D eigenvalue weighted by atomic mass is 10.1. The van der Waals surface area contributed by atoms with Gasteiger partial charge in [0.15, 0.2) is 0 Å². The Morgan fingerprint density at radius 3 is 2.86 bits per heavy atom. The molecule has 78 valence electrons. The third kappa shape index (κ3) is 1.79. The fourth-order valence-corrected chi connectivity index (χ4v) is 1.93. The van der Waals surface area contributed by atoms with Gasteiger partial charge in [0.2, 0.25) is 0 Å². The molecule has 0 N–H and O–H groups in total. The standard InChI is InChI=1S/C10H14ClNO2/c1-6(2)9-8(12-10(11)14-9)7-4-3-5-13-7/h6-7H,3-5H2,1-2H3. The zero-order chi connectivity index (χ0) is 10.1. The molecule has 0 radical (unpaired) electrons. The van der Waals surface area contributed by atoms with Crippen molar-refractivity contribution in [3.05, 3.63) is 16.8 Å². The van der Waals surface area contributed by atoms with Crippen molar-refractivity contribution in [2.75, 3.05) is 6.61 Å². The average molecular weight is 216 g/mol. The third-order valence-corrected chi connectivity index (χ3v) is 2.58. The van der Waals surface area contributed by atoms with Crippen LogP contribution in [-0.2, 0) is 4.74 Å². The second-order valence-electron chi connectivity index (χ2n) is 3.87. The number of hydrogen-bond acceptors (Lipinski definition) is 3. The molecule has 0 saturated carbocycles. The number of nitrogens with zero attached hydrogens (tertiary/aromatic N) is 1. The summed E-state index contributed by atoms with van der Waals surface area (Å²) >= 11 is 5.75. The molecule has 0 spiro atoms. The highest BCUT2D eigenvalue weighted by Gasteiger charge is 2.26. The van der Waals surface area contributed by atoms with Crippen LogP contribution in [0.1, 0.15) is 50.2 Å². The number of hydrogen-bond donors (Lipinski definition) is 0. The van der Waals surface area contributed by atoms with E-state index in [9.17, 15) is 0 Å². The molecule has 1 aliphatic heterocycles. The van der Waals surface area contributed by atoms with Crippen molar-refractivity contribution in [3.8, 4) is 0 Å². The van der Waals surface area contributed by atoms with Crippen LogP contribution in [0.4, 0.5) is 0 Å². The Balaban J connectivity index is 2.30. The lowest BCUT2D eigenvalue weighted by molar-refractivity contribution is 0.107. The monoisotopic (exact) mass is 215 g/mol. The van der Waals surface area contributed by atoms with Crippen LogP contribution in [0.3, 0.4) is 0 Å². The fourth-order valence-electron chi connectivity index (χ4n) is 1.75. The Hall–Kier alpha value is -0.540. The zero-order valence-corrected chi connectivity index (χ0v) is 9.17. The van der Waals surface area contributed by atoms with Crippen molar-refractivity contribution in [2.45, 2.75) is 38.7 Å². The summed E-state index contributed by atoms with van der Waals surface area (Å²) in [6.07, 6.45) is 2.19. The summed E-state index contributed by atoms with van der Waals surface area (Å²) in [5, 5.41) is 0.221. The normalized spacial score (nSPS) is 22.1. The molecule has 0 amide bonds. The van der Waals surface area contributed by atoms with Gasteiger partial charge in [-0.05, 0) is 24.4 Å². The van der Waals surface area contributed by atoms with Gasteiger partial charge in [-0.1, -0.05) is 13.8 Å². The van der Waals surface area contributed by atoms with Gasteiger partial charge in [-0.15, -0.1) is 0 Å². The molecule has 1 aliphatic rings. The molecular weight excluding hydrogens is 202 g/mol. The lowest BCUT2D eigenvalue weighted by Gasteiger charge is -2.09. The van der Waals surface area contributed by atoms with Crippen molar-refractivity contribution in [2.24, 2.45) is 0 Å². The largest absolute Gasteiger partial charge is 0.432 e. The van der Waals surface area contributed by atoms with Crippen LogP contribution in [0.15, 0.2) is 4.42 Å². The van der Waals surface area contributed by atoms with E-state index in [1.54, 1.807) is 0 Å². The lowest BCUT2D eigenvalue weighted by Crippen LogP contribution is -2.01. The van der Waals surface area contributed by atoms with Crippen molar-refractivity contribution >= 4 is 11.6 Å². The minimum absolute atomic E-state index is 0.0867. The molecule has 4 heteroatoms.